The van der Waals surface area contributed by atoms with Gasteiger partial charge in [0.05, 0.1) is 16.7 Å². The summed E-state index contributed by atoms with van der Waals surface area (Å²) in [6.07, 6.45) is 2.30. The molecule has 7 nitrogen and oxygen atoms in total. The van der Waals surface area contributed by atoms with Crippen molar-refractivity contribution in [3.05, 3.63) is 50.3 Å². The molecule has 3 N–H and O–H groups in total. The largest absolute Gasteiger partial charge is 0.327 e. The predicted molar refractivity (Wildman–Crippen MR) is 83.1 cm³/mol. The number of aryl methyl sites for hydroxylation is 1. The number of aromatic nitrogens is 1. The highest BCUT2D eigenvalue weighted by Gasteiger charge is 2.24. The molecule has 120 valence electrons. The van der Waals surface area contributed by atoms with Crippen LogP contribution in [0, 0.1) is 15.9 Å². The van der Waals surface area contributed by atoms with Gasteiger partial charge in [0.25, 0.3) is 11.6 Å². The molecule has 1 aliphatic carbocycles. The van der Waals surface area contributed by atoms with Crippen LogP contribution >= 0.6 is 11.3 Å². The molecule has 9 heteroatoms. The third kappa shape index (κ3) is 3.20. The Morgan fingerprint density at radius 1 is 1.52 bits per heavy atom. The Morgan fingerprint density at radius 3 is 3.04 bits per heavy atom. The smallest absolute Gasteiger partial charge is 0.285 e. The maximum atomic E-state index is 13.1. The van der Waals surface area contributed by atoms with Gasteiger partial charge < -0.3 is 5.73 Å². The highest BCUT2D eigenvalue weighted by molar-refractivity contribution is 7.15. The summed E-state index contributed by atoms with van der Waals surface area (Å²) in [5.74, 6) is -1.46. The summed E-state index contributed by atoms with van der Waals surface area (Å²) >= 11 is 1.31. The minimum absolute atomic E-state index is 0.0877. The number of rotatable bonds is 3. The molecule has 1 atom stereocenters. The Labute approximate surface area is 134 Å². The summed E-state index contributed by atoms with van der Waals surface area (Å²) in [4.78, 5) is 27.8. The second kappa shape index (κ2) is 6.01. The number of fused-ring (bicyclic) bond motifs is 1. The van der Waals surface area contributed by atoms with Crippen LogP contribution in [-0.2, 0) is 12.8 Å². The monoisotopic (exact) mass is 336 g/mol. The number of nitrogens with one attached hydrogen (secondary N) is 1. The number of amides is 1. The van der Waals surface area contributed by atoms with Crippen LogP contribution in [-0.4, -0.2) is 21.9 Å². The average Bonchev–Trinajstić information content (AvgIpc) is 2.88. The third-order valence-electron chi connectivity index (χ3n) is 3.60. The van der Waals surface area contributed by atoms with Gasteiger partial charge in [-0.3, -0.25) is 20.2 Å². The number of hydrogen-bond acceptors (Lipinski definition) is 6. The van der Waals surface area contributed by atoms with Crippen molar-refractivity contribution in [3.63, 3.8) is 0 Å². The van der Waals surface area contributed by atoms with Gasteiger partial charge in [0.15, 0.2) is 5.13 Å². The van der Waals surface area contributed by atoms with Crippen molar-refractivity contribution in [1.82, 2.24) is 4.98 Å². The Morgan fingerprint density at radius 2 is 2.30 bits per heavy atom. The molecule has 23 heavy (non-hydrogen) atoms. The van der Waals surface area contributed by atoms with E-state index in [1.807, 2.05) is 0 Å². The van der Waals surface area contributed by atoms with Crippen LogP contribution in [0.1, 0.15) is 27.3 Å². The predicted octanol–water partition coefficient (Wildman–Crippen LogP) is 2.26. The van der Waals surface area contributed by atoms with E-state index in [4.69, 9.17) is 5.73 Å². The van der Waals surface area contributed by atoms with Gasteiger partial charge in [-0.15, -0.1) is 11.3 Å². The fraction of sp³-hybridized carbons (Fsp3) is 0.286. The van der Waals surface area contributed by atoms with E-state index in [2.05, 4.69) is 10.3 Å². The zero-order valence-corrected chi connectivity index (χ0v) is 12.7. The molecule has 1 aromatic carbocycles. The van der Waals surface area contributed by atoms with E-state index in [0.717, 1.165) is 41.6 Å². The van der Waals surface area contributed by atoms with Crippen LogP contribution in [0.2, 0.25) is 0 Å². The zero-order valence-electron chi connectivity index (χ0n) is 11.9. The van der Waals surface area contributed by atoms with Crippen molar-refractivity contribution < 1.29 is 14.1 Å². The zero-order chi connectivity index (χ0) is 16.6. The van der Waals surface area contributed by atoms with Gasteiger partial charge >= 0.3 is 0 Å². The van der Waals surface area contributed by atoms with Gasteiger partial charge in [-0.05, 0) is 31.4 Å². The van der Waals surface area contributed by atoms with Crippen LogP contribution in [0.15, 0.2) is 18.2 Å². The number of thiazole rings is 1. The molecule has 1 amide bonds. The van der Waals surface area contributed by atoms with Gasteiger partial charge in [-0.1, -0.05) is 0 Å². The molecule has 0 fully saturated rings. The van der Waals surface area contributed by atoms with Gasteiger partial charge in [0.2, 0.25) is 0 Å². The second-order valence-electron chi connectivity index (χ2n) is 5.26. The molecule has 2 aromatic rings. The molecule has 0 bridgehead atoms. The first-order chi connectivity index (χ1) is 10.9. The van der Waals surface area contributed by atoms with Crippen LogP contribution < -0.4 is 11.1 Å². The number of nitro benzene ring substituents is 1. The number of carbonyl (C=O) groups excluding carboxylic acids is 1. The van der Waals surface area contributed by atoms with E-state index in [-0.39, 0.29) is 11.6 Å². The lowest BCUT2D eigenvalue weighted by atomic mass is 9.99. The molecular weight excluding hydrogens is 323 g/mol. The number of anilines is 1. The van der Waals surface area contributed by atoms with E-state index in [0.29, 0.717) is 11.6 Å². The molecule has 0 spiro atoms. The summed E-state index contributed by atoms with van der Waals surface area (Å²) in [6.45, 7) is 0. The third-order valence-corrected chi connectivity index (χ3v) is 4.63. The van der Waals surface area contributed by atoms with E-state index in [9.17, 15) is 19.3 Å². The van der Waals surface area contributed by atoms with Crippen molar-refractivity contribution in [1.29, 1.82) is 0 Å². The van der Waals surface area contributed by atoms with E-state index < -0.39 is 22.3 Å². The van der Waals surface area contributed by atoms with Crippen molar-refractivity contribution in [2.24, 2.45) is 5.73 Å². The number of halogens is 1. The molecule has 0 unspecified atom stereocenters. The van der Waals surface area contributed by atoms with Gasteiger partial charge in [-0.25, -0.2) is 9.37 Å². The first kappa shape index (κ1) is 15.5. The van der Waals surface area contributed by atoms with Gasteiger partial charge in [0, 0.05) is 10.9 Å². The van der Waals surface area contributed by atoms with E-state index in [1.54, 1.807) is 0 Å². The van der Waals surface area contributed by atoms with Crippen LogP contribution in [0.3, 0.4) is 0 Å². The van der Waals surface area contributed by atoms with Gasteiger partial charge in [-0.2, -0.15) is 0 Å². The lowest BCUT2D eigenvalue weighted by Gasteiger charge is -2.15. The summed E-state index contributed by atoms with van der Waals surface area (Å²) < 4.78 is 13.1. The minimum atomic E-state index is -0.788. The molecule has 1 aromatic heterocycles. The fourth-order valence-corrected chi connectivity index (χ4v) is 3.56. The molecule has 1 aliphatic rings. The summed E-state index contributed by atoms with van der Waals surface area (Å²) in [5.41, 5.74) is 6.02. The van der Waals surface area contributed by atoms with Crippen molar-refractivity contribution in [2.75, 3.05) is 5.32 Å². The normalized spacial score (nSPS) is 16.7. The highest BCUT2D eigenvalue weighted by atomic mass is 32.1. The number of carbonyl (C=O) groups is 1. The number of nitrogens with two attached hydrogens (primary N) is 1. The molecule has 0 aliphatic heterocycles. The highest BCUT2D eigenvalue weighted by Crippen LogP contribution is 2.30. The lowest BCUT2D eigenvalue weighted by Crippen LogP contribution is -2.27. The fourth-order valence-electron chi connectivity index (χ4n) is 2.47. The number of benzene rings is 1. The number of hydrogen-bond donors (Lipinski definition) is 2. The number of nitro groups is 1. The number of nitrogens with zero attached hydrogens (tertiary/aromatic N) is 2. The second-order valence-corrected chi connectivity index (χ2v) is 6.35. The standard InChI is InChI=1S/C14H13FN4O3S/c15-7-1-3-9(11(5-7)19(21)22)13(20)18-14-17-10-4-2-8(16)6-12(10)23-14/h1,3,5,8H,2,4,6,16H2,(H,17,18,20)/t8-/m0/s1. The van der Waals surface area contributed by atoms with Crippen LogP contribution in [0.5, 0.6) is 0 Å². The van der Waals surface area contributed by atoms with E-state index >= 15 is 0 Å². The summed E-state index contributed by atoms with van der Waals surface area (Å²) in [6, 6.07) is 2.91. The SMILES string of the molecule is N[C@H]1CCc2nc(NC(=O)c3ccc(F)cc3[N+](=O)[O-])sc2C1. The maximum absolute atomic E-state index is 13.1. The minimum Gasteiger partial charge on any atom is -0.327 e. The topological polar surface area (TPSA) is 111 Å². The van der Waals surface area contributed by atoms with Crippen molar-refractivity contribution in [2.45, 2.75) is 25.3 Å². The summed E-state index contributed by atoms with van der Waals surface area (Å²) in [5, 5.41) is 13.9. The van der Waals surface area contributed by atoms with Crippen molar-refractivity contribution >= 4 is 28.1 Å². The molecule has 0 radical (unpaired) electrons. The van der Waals surface area contributed by atoms with Crippen LogP contribution in [0.25, 0.3) is 0 Å². The molecule has 3 rings (SSSR count). The first-order valence-electron chi connectivity index (χ1n) is 6.93. The Balaban J connectivity index is 1.84. The van der Waals surface area contributed by atoms with Crippen LogP contribution in [0.4, 0.5) is 15.2 Å². The van der Waals surface area contributed by atoms with E-state index in [1.165, 1.54) is 11.3 Å². The van der Waals surface area contributed by atoms with Crippen molar-refractivity contribution in [3.8, 4) is 0 Å². The Hall–Kier alpha value is -2.39. The summed E-state index contributed by atoms with van der Waals surface area (Å²) in [7, 11) is 0. The lowest BCUT2D eigenvalue weighted by molar-refractivity contribution is -0.385. The molecular formula is C14H13FN4O3S. The maximum Gasteiger partial charge on any atom is 0.285 e. The van der Waals surface area contributed by atoms with Gasteiger partial charge in [0.1, 0.15) is 11.4 Å². The quantitative estimate of drug-likeness (QED) is 0.659. The Kier molecular flexibility index (Phi) is 4.05. The first-order valence-corrected chi connectivity index (χ1v) is 7.75. The Bertz CT molecular complexity index is 792. The molecule has 1 heterocycles. The average molecular weight is 336 g/mol. The molecule has 0 saturated heterocycles. The molecule has 0 saturated carbocycles.